The zero-order valence-corrected chi connectivity index (χ0v) is 17.4. The molecule has 8 heteroatoms. The summed E-state index contributed by atoms with van der Waals surface area (Å²) in [5.74, 6) is 3.35. The zero-order valence-electron chi connectivity index (χ0n) is 17.4. The van der Waals surface area contributed by atoms with Crippen molar-refractivity contribution in [1.29, 1.82) is 0 Å². The summed E-state index contributed by atoms with van der Waals surface area (Å²) in [4.78, 5) is 4.65. The number of hydrogen-bond acceptors (Lipinski definition) is 5. The van der Waals surface area contributed by atoms with E-state index < -0.39 is 0 Å². The number of aryl methyl sites for hydroxylation is 1. The molecule has 0 atom stereocenters. The van der Waals surface area contributed by atoms with Crippen molar-refractivity contribution >= 4 is 5.96 Å². The lowest BCUT2D eigenvalue weighted by atomic mass is 10.1. The minimum Gasteiger partial charge on any atom is -0.497 e. The lowest BCUT2D eigenvalue weighted by Gasteiger charge is -2.13. The van der Waals surface area contributed by atoms with Gasteiger partial charge in [-0.2, -0.15) is 0 Å². The molecule has 1 aromatic heterocycles. The number of ether oxygens (including phenoxy) is 2. The van der Waals surface area contributed by atoms with E-state index in [1.165, 1.54) is 5.56 Å². The standard InChI is InChI=1S/C20H32N6O2/c1-5-28-14-6-12-21-20(23-15-19-25-24-16(2)26(19)3)22-13-11-17-7-9-18(27-4)10-8-17/h7-10H,5-6,11-15H2,1-4H3,(H2,21,22,23). The molecule has 0 saturated carbocycles. The average Bonchev–Trinajstić information content (AvgIpc) is 3.04. The summed E-state index contributed by atoms with van der Waals surface area (Å²) in [6, 6.07) is 8.11. The molecule has 0 radical (unpaired) electrons. The predicted molar refractivity (Wildman–Crippen MR) is 111 cm³/mol. The van der Waals surface area contributed by atoms with Crippen molar-refractivity contribution in [3.63, 3.8) is 0 Å². The maximum Gasteiger partial charge on any atom is 0.191 e. The van der Waals surface area contributed by atoms with Crippen LogP contribution in [0.1, 0.15) is 30.6 Å². The van der Waals surface area contributed by atoms with Crippen LogP contribution in [-0.4, -0.2) is 54.1 Å². The highest BCUT2D eigenvalue weighted by atomic mass is 16.5. The largest absolute Gasteiger partial charge is 0.497 e. The molecule has 8 nitrogen and oxygen atoms in total. The normalized spacial score (nSPS) is 11.5. The molecule has 154 valence electrons. The van der Waals surface area contributed by atoms with Gasteiger partial charge in [0.1, 0.15) is 18.1 Å². The Labute approximate surface area is 167 Å². The summed E-state index contributed by atoms with van der Waals surface area (Å²) in [7, 11) is 3.63. The topological polar surface area (TPSA) is 85.6 Å². The van der Waals surface area contributed by atoms with Gasteiger partial charge in [0.15, 0.2) is 11.8 Å². The summed E-state index contributed by atoms with van der Waals surface area (Å²) in [5.41, 5.74) is 1.24. The third kappa shape index (κ3) is 7.19. The van der Waals surface area contributed by atoms with E-state index >= 15 is 0 Å². The summed E-state index contributed by atoms with van der Waals surface area (Å²) < 4.78 is 12.5. The summed E-state index contributed by atoms with van der Waals surface area (Å²) in [5, 5.41) is 15.0. The molecule has 0 unspecified atom stereocenters. The molecule has 2 N–H and O–H groups in total. The first-order valence-corrected chi connectivity index (χ1v) is 9.71. The van der Waals surface area contributed by atoms with Gasteiger partial charge in [-0.1, -0.05) is 12.1 Å². The Morgan fingerprint density at radius 1 is 1.14 bits per heavy atom. The zero-order chi connectivity index (χ0) is 20.2. The van der Waals surface area contributed by atoms with Crippen molar-refractivity contribution in [3.05, 3.63) is 41.5 Å². The lowest BCUT2D eigenvalue weighted by molar-refractivity contribution is 0.145. The van der Waals surface area contributed by atoms with E-state index in [1.54, 1.807) is 7.11 Å². The molecule has 0 bridgehead atoms. The third-order valence-corrected chi connectivity index (χ3v) is 4.39. The molecule has 0 spiro atoms. The molecule has 28 heavy (non-hydrogen) atoms. The molecule has 2 aromatic rings. The van der Waals surface area contributed by atoms with Crippen LogP contribution in [0.2, 0.25) is 0 Å². The van der Waals surface area contributed by atoms with Crippen molar-refractivity contribution in [1.82, 2.24) is 25.4 Å². The lowest BCUT2D eigenvalue weighted by Crippen LogP contribution is -2.39. The van der Waals surface area contributed by atoms with Crippen molar-refractivity contribution in [2.75, 3.05) is 33.4 Å². The Balaban J connectivity index is 1.88. The maximum atomic E-state index is 5.39. The maximum absolute atomic E-state index is 5.39. The number of benzene rings is 1. The van der Waals surface area contributed by atoms with E-state index in [0.29, 0.717) is 6.54 Å². The molecule has 0 aliphatic rings. The molecule has 1 heterocycles. The number of nitrogens with zero attached hydrogens (tertiary/aromatic N) is 4. The van der Waals surface area contributed by atoms with Crippen LogP contribution in [0.3, 0.4) is 0 Å². The monoisotopic (exact) mass is 388 g/mol. The van der Waals surface area contributed by atoms with Crippen LogP contribution in [0.25, 0.3) is 0 Å². The third-order valence-electron chi connectivity index (χ3n) is 4.39. The molecular formula is C20H32N6O2. The number of aromatic nitrogens is 3. The van der Waals surface area contributed by atoms with Crippen LogP contribution in [0, 0.1) is 6.92 Å². The van der Waals surface area contributed by atoms with E-state index in [0.717, 1.165) is 62.5 Å². The summed E-state index contributed by atoms with van der Waals surface area (Å²) in [6.07, 6.45) is 1.82. The first-order chi connectivity index (χ1) is 13.6. The number of methoxy groups -OCH3 is 1. The second kappa shape index (κ2) is 12.0. The number of guanidine groups is 1. The van der Waals surface area contributed by atoms with Gasteiger partial charge in [0.2, 0.25) is 0 Å². The minimum absolute atomic E-state index is 0.473. The number of hydrogen-bond donors (Lipinski definition) is 2. The van der Waals surface area contributed by atoms with Gasteiger partial charge < -0.3 is 24.7 Å². The van der Waals surface area contributed by atoms with Gasteiger partial charge in [-0.3, -0.25) is 0 Å². The van der Waals surface area contributed by atoms with Crippen molar-refractivity contribution in [2.24, 2.45) is 12.0 Å². The van der Waals surface area contributed by atoms with Gasteiger partial charge in [0, 0.05) is 33.4 Å². The fourth-order valence-electron chi connectivity index (χ4n) is 2.56. The van der Waals surface area contributed by atoms with Crippen LogP contribution in [0.5, 0.6) is 5.75 Å². The molecule has 0 amide bonds. The van der Waals surface area contributed by atoms with Gasteiger partial charge in [0.25, 0.3) is 0 Å². The van der Waals surface area contributed by atoms with E-state index in [2.05, 4.69) is 38.0 Å². The van der Waals surface area contributed by atoms with Crippen LogP contribution in [0.4, 0.5) is 0 Å². The van der Waals surface area contributed by atoms with Gasteiger partial charge in [-0.15, -0.1) is 10.2 Å². The highest BCUT2D eigenvalue weighted by Gasteiger charge is 2.05. The Morgan fingerprint density at radius 3 is 2.54 bits per heavy atom. The molecule has 0 aliphatic heterocycles. The fraction of sp³-hybridized carbons (Fsp3) is 0.550. The SMILES string of the molecule is CCOCCCNC(=NCc1nnc(C)n1C)NCCc1ccc(OC)cc1. The first-order valence-electron chi connectivity index (χ1n) is 9.71. The second-order valence-electron chi connectivity index (χ2n) is 6.39. The molecular weight excluding hydrogens is 356 g/mol. The first kappa shape index (κ1) is 21.7. The number of aliphatic imine (C=N–C) groups is 1. The Kier molecular flexibility index (Phi) is 9.27. The van der Waals surface area contributed by atoms with Crippen LogP contribution < -0.4 is 15.4 Å². The molecule has 1 aromatic carbocycles. The van der Waals surface area contributed by atoms with Crippen molar-refractivity contribution < 1.29 is 9.47 Å². The van der Waals surface area contributed by atoms with Crippen molar-refractivity contribution in [3.8, 4) is 5.75 Å². The van der Waals surface area contributed by atoms with Gasteiger partial charge in [0.05, 0.1) is 7.11 Å². The molecule has 0 saturated heterocycles. The second-order valence-corrected chi connectivity index (χ2v) is 6.39. The van der Waals surface area contributed by atoms with Crippen LogP contribution in [-0.2, 0) is 24.8 Å². The van der Waals surface area contributed by atoms with E-state index in [-0.39, 0.29) is 0 Å². The van der Waals surface area contributed by atoms with Crippen LogP contribution >= 0.6 is 0 Å². The molecule has 2 rings (SSSR count). The summed E-state index contributed by atoms with van der Waals surface area (Å²) >= 11 is 0. The average molecular weight is 389 g/mol. The smallest absolute Gasteiger partial charge is 0.191 e. The Bertz CT molecular complexity index is 727. The summed E-state index contributed by atoms with van der Waals surface area (Å²) in [6.45, 7) is 7.47. The van der Waals surface area contributed by atoms with Crippen molar-refractivity contribution in [2.45, 2.75) is 33.2 Å². The number of rotatable bonds is 11. The number of nitrogens with one attached hydrogen (secondary N) is 2. The Hall–Kier alpha value is -2.61. The van der Waals surface area contributed by atoms with E-state index in [4.69, 9.17) is 9.47 Å². The predicted octanol–water partition coefficient (Wildman–Crippen LogP) is 1.84. The van der Waals surface area contributed by atoms with Gasteiger partial charge >= 0.3 is 0 Å². The highest BCUT2D eigenvalue weighted by Crippen LogP contribution is 2.11. The minimum atomic E-state index is 0.473. The van der Waals surface area contributed by atoms with Gasteiger partial charge in [-0.25, -0.2) is 4.99 Å². The molecule has 0 aliphatic carbocycles. The molecule has 0 fully saturated rings. The quantitative estimate of drug-likeness (QED) is 0.347. The highest BCUT2D eigenvalue weighted by molar-refractivity contribution is 5.79. The fourth-order valence-corrected chi connectivity index (χ4v) is 2.56. The van der Waals surface area contributed by atoms with Gasteiger partial charge in [-0.05, 0) is 44.4 Å². The van der Waals surface area contributed by atoms with Crippen LogP contribution in [0.15, 0.2) is 29.3 Å². The van der Waals surface area contributed by atoms with E-state index in [1.807, 2.05) is 37.6 Å². The Morgan fingerprint density at radius 2 is 1.89 bits per heavy atom. The van der Waals surface area contributed by atoms with E-state index in [9.17, 15) is 0 Å².